The van der Waals surface area contributed by atoms with Crippen molar-refractivity contribution in [3.05, 3.63) is 35.4 Å². The molecule has 0 spiro atoms. The lowest BCUT2D eigenvalue weighted by molar-refractivity contribution is -0.151. The third-order valence-corrected chi connectivity index (χ3v) is 3.97. The van der Waals surface area contributed by atoms with Gasteiger partial charge in [0.1, 0.15) is 5.54 Å². The standard InChI is InChI=1S/C15H18F2N2O2/c1-3-15(4-2)14(21)19(9-13(20)18-15)8-10-5-6-11(16)12(17)7-10/h5-7H,3-4,8-9H2,1-2H3,(H,18,20). The molecule has 1 saturated heterocycles. The van der Waals surface area contributed by atoms with Crippen molar-refractivity contribution >= 4 is 11.8 Å². The lowest BCUT2D eigenvalue weighted by atomic mass is 9.88. The zero-order valence-electron chi connectivity index (χ0n) is 12.1. The first kappa shape index (κ1) is 15.4. The maximum absolute atomic E-state index is 13.2. The molecule has 1 heterocycles. The summed E-state index contributed by atoms with van der Waals surface area (Å²) in [4.78, 5) is 25.8. The average Bonchev–Trinajstić information content (AvgIpc) is 2.46. The van der Waals surface area contributed by atoms with E-state index in [1.54, 1.807) is 0 Å². The molecule has 1 aromatic rings. The second-order valence-electron chi connectivity index (χ2n) is 5.25. The Morgan fingerprint density at radius 1 is 1.19 bits per heavy atom. The van der Waals surface area contributed by atoms with Gasteiger partial charge in [-0.25, -0.2) is 8.78 Å². The third kappa shape index (κ3) is 2.89. The first-order chi connectivity index (χ1) is 9.91. The summed E-state index contributed by atoms with van der Waals surface area (Å²) < 4.78 is 26.2. The fourth-order valence-corrected chi connectivity index (χ4v) is 2.62. The Morgan fingerprint density at radius 2 is 1.86 bits per heavy atom. The molecular weight excluding hydrogens is 278 g/mol. The van der Waals surface area contributed by atoms with Gasteiger partial charge < -0.3 is 10.2 Å². The molecule has 1 aliphatic rings. The molecule has 0 aromatic heterocycles. The van der Waals surface area contributed by atoms with Crippen LogP contribution in [-0.4, -0.2) is 28.8 Å². The minimum Gasteiger partial charge on any atom is -0.340 e. The largest absolute Gasteiger partial charge is 0.340 e. The molecule has 0 saturated carbocycles. The van der Waals surface area contributed by atoms with E-state index in [2.05, 4.69) is 5.32 Å². The lowest BCUT2D eigenvalue weighted by Gasteiger charge is -2.41. The van der Waals surface area contributed by atoms with E-state index in [-0.39, 0.29) is 24.9 Å². The first-order valence-electron chi connectivity index (χ1n) is 6.96. The number of nitrogens with one attached hydrogen (secondary N) is 1. The minimum atomic E-state index is -0.960. The van der Waals surface area contributed by atoms with Gasteiger partial charge in [-0.05, 0) is 30.5 Å². The molecule has 0 unspecified atom stereocenters. The van der Waals surface area contributed by atoms with Gasteiger partial charge in [0.25, 0.3) is 0 Å². The maximum atomic E-state index is 13.2. The van der Waals surface area contributed by atoms with E-state index >= 15 is 0 Å². The highest BCUT2D eigenvalue weighted by molar-refractivity contribution is 5.97. The molecule has 2 rings (SSSR count). The molecule has 0 aliphatic carbocycles. The van der Waals surface area contributed by atoms with Crippen molar-refractivity contribution in [2.24, 2.45) is 0 Å². The number of halogens is 2. The van der Waals surface area contributed by atoms with Gasteiger partial charge in [-0.2, -0.15) is 0 Å². The van der Waals surface area contributed by atoms with E-state index in [9.17, 15) is 18.4 Å². The Balaban J connectivity index is 2.24. The summed E-state index contributed by atoms with van der Waals surface area (Å²) in [6.45, 7) is 3.69. The van der Waals surface area contributed by atoms with Crippen molar-refractivity contribution in [2.45, 2.75) is 38.8 Å². The summed E-state index contributed by atoms with van der Waals surface area (Å²) in [6, 6.07) is 3.48. The van der Waals surface area contributed by atoms with Crippen molar-refractivity contribution in [2.75, 3.05) is 6.54 Å². The van der Waals surface area contributed by atoms with Crippen molar-refractivity contribution in [1.29, 1.82) is 0 Å². The molecule has 114 valence electrons. The van der Waals surface area contributed by atoms with Crippen LogP contribution in [0.1, 0.15) is 32.3 Å². The van der Waals surface area contributed by atoms with Gasteiger partial charge in [0.05, 0.1) is 6.54 Å². The molecule has 21 heavy (non-hydrogen) atoms. The number of hydrogen-bond donors (Lipinski definition) is 1. The minimum absolute atomic E-state index is 0.0699. The zero-order valence-corrected chi connectivity index (χ0v) is 12.1. The molecule has 1 aliphatic heterocycles. The van der Waals surface area contributed by atoms with Crippen molar-refractivity contribution in [1.82, 2.24) is 10.2 Å². The second-order valence-corrected chi connectivity index (χ2v) is 5.25. The van der Waals surface area contributed by atoms with Crippen LogP contribution in [0.2, 0.25) is 0 Å². The fourth-order valence-electron chi connectivity index (χ4n) is 2.62. The SMILES string of the molecule is CCC1(CC)NC(=O)CN(Cc2ccc(F)c(F)c2)C1=O. The monoisotopic (exact) mass is 296 g/mol. The Hall–Kier alpha value is -1.98. The van der Waals surface area contributed by atoms with E-state index < -0.39 is 17.2 Å². The first-order valence-corrected chi connectivity index (χ1v) is 6.96. The fraction of sp³-hybridized carbons (Fsp3) is 0.467. The number of carbonyl (C=O) groups excluding carboxylic acids is 2. The number of carbonyl (C=O) groups is 2. The van der Waals surface area contributed by atoms with E-state index in [1.807, 2.05) is 13.8 Å². The average molecular weight is 296 g/mol. The molecular formula is C15H18F2N2O2. The number of benzene rings is 1. The predicted molar refractivity (Wildman–Crippen MR) is 73.2 cm³/mol. The van der Waals surface area contributed by atoms with E-state index in [1.165, 1.54) is 11.0 Å². The smallest absolute Gasteiger partial charge is 0.249 e. The van der Waals surface area contributed by atoms with Crippen LogP contribution in [0.25, 0.3) is 0 Å². The summed E-state index contributed by atoms with van der Waals surface area (Å²) in [6.07, 6.45) is 0.977. The Labute approximate surface area is 122 Å². The van der Waals surface area contributed by atoms with Crippen LogP contribution in [-0.2, 0) is 16.1 Å². The Bertz CT molecular complexity index is 571. The highest BCUT2D eigenvalue weighted by Gasteiger charge is 2.43. The molecule has 1 fully saturated rings. The number of amides is 2. The molecule has 1 aromatic carbocycles. The zero-order chi connectivity index (χ0) is 15.6. The highest BCUT2D eigenvalue weighted by atomic mass is 19.2. The van der Waals surface area contributed by atoms with Gasteiger partial charge in [0.2, 0.25) is 11.8 Å². The molecule has 1 N–H and O–H groups in total. The number of piperazine rings is 1. The second kappa shape index (κ2) is 5.79. The normalized spacial score (nSPS) is 17.8. The topological polar surface area (TPSA) is 49.4 Å². The summed E-state index contributed by atoms with van der Waals surface area (Å²) in [5, 5.41) is 2.75. The van der Waals surface area contributed by atoms with Gasteiger partial charge in [0.15, 0.2) is 11.6 Å². The quantitative estimate of drug-likeness (QED) is 0.923. The summed E-state index contributed by atoms with van der Waals surface area (Å²) in [5.74, 6) is -2.31. The van der Waals surface area contributed by atoms with Crippen molar-refractivity contribution in [3.63, 3.8) is 0 Å². The van der Waals surface area contributed by atoms with Crippen LogP contribution < -0.4 is 5.32 Å². The molecule has 0 bridgehead atoms. The molecule has 0 radical (unpaired) electrons. The van der Waals surface area contributed by atoms with E-state index in [4.69, 9.17) is 0 Å². The maximum Gasteiger partial charge on any atom is 0.249 e. The van der Waals surface area contributed by atoms with Crippen LogP contribution in [0.5, 0.6) is 0 Å². The summed E-state index contributed by atoms with van der Waals surface area (Å²) in [5.41, 5.74) is -0.438. The van der Waals surface area contributed by atoms with Crippen LogP contribution >= 0.6 is 0 Å². The Kier molecular flexibility index (Phi) is 4.25. The van der Waals surface area contributed by atoms with Gasteiger partial charge >= 0.3 is 0 Å². The van der Waals surface area contributed by atoms with Gasteiger partial charge in [0, 0.05) is 6.54 Å². The Morgan fingerprint density at radius 3 is 2.43 bits per heavy atom. The molecule has 0 atom stereocenters. The lowest BCUT2D eigenvalue weighted by Crippen LogP contribution is -2.65. The van der Waals surface area contributed by atoms with E-state index in [0.29, 0.717) is 18.4 Å². The third-order valence-electron chi connectivity index (χ3n) is 3.97. The predicted octanol–water partition coefficient (Wildman–Crippen LogP) is 1.98. The number of hydrogen-bond acceptors (Lipinski definition) is 2. The van der Waals surface area contributed by atoms with E-state index in [0.717, 1.165) is 12.1 Å². The number of rotatable bonds is 4. The summed E-state index contributed by atoms with van der Waals surface area (Å²) >= 11 is 0. The van der Waals surface area contributed by atoms with Crippen LogP contribution in [0.4, 0.5) is 8.78 Å². The van der Waals surface area contributed by atoms with Crippen molar-refractivity contribution < 1.29 is 18.4 Å². The highest BCUT2D eigenvalue weighted by Crippen LogP contribution is 2.23. The van der Waals surface area contributed by atoms with Crippen LogP contribution in [0.3, 0.4) is 0 Å². The molecule has 6 heteroatoms. The number of nitrogens with zero attached hydrogens (tertiary/aromatic N) is 1. The van der Waals surface area contributed by atoms with Crippen molar-refractivity contribution in [3.8, 4) is 0 Å². The molecule has 2 amide bonds. The van der Waals surface area contributed by atoms with Crippen LogP contribution in [0, 0.1) is 11.6 Å². The molecule has 4 nitrogen and oxygen atoms in total. The van der Waals surface area contributed by atoms with Crippen LogP contribution in [0.15, 0.2) is 18.2 Å². The van der Waals surface area contributed by atoms with Gasteiger partial charge in [-0.15, -0.1) is 0 Å². The van der Waals surface area contributed by atoms with Gasteiger partial charge in [-0.1, -0.05) is 19.9 Å². The van der Waals surface area contributed by atoms with Gasteiger partial charge in [-0.3, -0.25) is 9.59 Å². The summed E-state index contributed by atoms with van der Waals surface area (Å²) in [7, 11) is 0.